The zero-order chi connectivity index (χ0) is 5.78. The number of rotatable bonds is 0. The molecular formula is C7H13N. The van der Waals surface area contributed by atoms with Gasteiger partial charge in [0.1, 0.15) is 0 Å². The van der Waals surface area contributed by atoms with Crippen LogP contribution in [0.3, 0.4) is 0 Å². The van der Waals surface area contributed by atoms with Crippen LogP contribution in [-0.4, -0.2) is 23.0 Å². The molecule has 0 aromatic heterocycles. The minimum Gasteiger partial charge on any atom is -0.295 e. The third kappa shape index (κ3) is 0.368. The summed E-state index contributed by atoms with van der Waals surface area (Å²) >= 11 is 0. The molecule has 2 rings (SSSR count). The molecule has 2 fully saturated rings. The lowest BCUT2D eigenvalue weighted by Crippen LogP contribution is -2.69. The van der Waals surface area contributed by atoms with Gasteiger partial charge in [0.2, 0.25) is 0 Å². The van der Waals surface area contributed by atoms with Crippen LogP contribution in [0.5, 0.6) is 0 Å². The van der Waals surface area contributed by atoms with Crippen LogP contribution < -0.4 is 0 Å². The van der Waals surface area contributed by atoms with E-state index >= 15 is 0 Å². The van der Waals surface area contributed by atoms with Crippen molar-refractivity contribution in [3.63, 3.8) is 0 Å². The first-order valence-corrected chi connectivity index (χ1v) is 3.47. The smallest absolute Gasteiger partial charge is 0.0171 e. The molecule has 2 aliphatic heterocycles. The van der Waals surface area contributed by atoms with Gasteiger partial charge in [0.05, 0.1) is 0 Å². The molecule has 0 aromatic carbocycles. The van der Waals surface area contributed by atoms with Crippen molar-refractivity contribution in [3.05, 3.63) is 0 Å². The molecule has 2 saturated heterocycles. The minimum absolute atomic E-state index is 0.572. The zero-order valence-electron chi connectivity index (χ0n) is 5.65. The van der Waals surface area contributed by atoms with Crippen LogP contribution in [0.15, 0.2) is 0 Å². The molecule has 0 radical (unpaired) electrons. The van der Waals surface area contributed by atoms with Gasteiger partial charge in [-0.2, -0.15) is 0 Å². The molecule has 0 bridgehead atoms. The number of hydrogen-bond donors (Lipinski definition) is 0. The van der Waals surface area contributed by atoms with E-state index in [9.17, 15) is 0 Å². The highest BCUT2D eigenvalue weighted by Gasteiger charge is 2.49. The average Bonchev–Trinajstić information content (AvgIpc) is 1.57. The summed E-state index contributed by atoms with van der Waals surface area (Å²) in [7, 11) is 0. The summed E-state index contributed by atoms with van der Waals surface area (Å²) in [5.41, 5.74) is 0.572. The van der Waals surface area contributed by atoms with Crippen molar-refractivity contribution in [2.45, 2.75) is 38.3 Å². The Labute approximate surface area is 50.7 Å². The second kappa shape index (κ2) is 1.10. The van der Waals surface area contributed by atoms with Crippen LogP contribution in [-0.2, 0) is 0 Å². The average molecular weight is 111 g/mol. The maximum absolute atomic E-state index is 2.59. The van der Waals surface area contributed by atoms with Crippen LogP contribution in [0.4, 0.5) is 0 Å². The fourth-order valence-electron chi connectivity index (χ4n) is 2.03. The predicted molar refractivity (Wildman–Crippen MR) is 33.8 cm³/mol. The van der Waals surface area contributed by atoms with E-state index in [-0.39, 0.29) is 0 Å². The van der Waals surface area contributed by atoms with E-state index in [0.717, 1.165) is 6.04 Å². The molecule has 0 aliphatic carbocycles. The molecule has 1 nitrogen and oxygen atoms in total. The molecular weight excluding hydrogens is 98.1 g/mol. The van der Waals surface area contributed by atoms with E-state index in [1.54, 1.807) is 0 Å². The normalized spacial score (nSPS) is 42.0. The quantitative estimate of drug-likeness (QED) is 0.454. The van der Waals surface area contributed by atoms with Crippen molar-refractivity contribution < 1.29 is 0 Å². The molecule has 1 atom stereocenters. The fraction of sp³-hybridized carbons (Fsp3) is 1.00. The van der Waals surface area contributed by atoms with E-state index in [1.807, 2.05) is 0 Å². The first-order chi connectivity index (χ1) is 3.70. The molecule has 0 amide bonds. The highest BCUT2D eigenvalue weighted by atomic mass is 15.3. The van der Waals surface area contributed by atoms with Crippen LogP contribution in [0.1, 0.15) is 26.7 Å². The summed E-state index contributed by atoms with van der Waals surface area (Å²) in [6.45, 7) is 6.03. The Morgan fingerprint density at radius 1 is 1.50 bits per heavy atom. The van der Waals surface area contributed by atoms with Gasteiger partial charge in [-0.25, -0.2) is 0 Å². The summed E-state index contributed by atoms with van der Waals surface area (Å²) in [4.78, 5) is 2.59. The molecule has 2 aliphatic rings. The highest BCUT2D eigenvalue weighted by molar-refractivity contribution is 5.06. The molecule has 1 heteroatoms. The third-order valence-electron chi connectivity index (χ3n) is 2.66. The molecule has 1 unspecified atom stereocenters. The first-order valence-electron chi connectivity index (χ1n) is 3.47. The fourth-order valence-corrected chi connectivity index (χ4v) is 2.03. The number of piperidine rings is 1. The van der Waals surface area contributed by atoms with Crippen LogP contribution in [0.2, 0.25) is 0 Å². The van der Waals surface area contributed by atoms with Gasteiger partial charge in [0.25, 0.3) is 0 Å². The zero-order valence-corrected chi connectivity index (χ0v) is 5.65. The summed E-state index contributed by atoms with van der Waals surface area (Å²) in [6.07, 6.45) is 2.90. The maximum atomic E-state index is 2.59. The van der Waals surface area contributed by atoms with Gasteiger partial charge in [0.15, 0.2) is 0 Å². The SMILES string of the molecule is CC1(C)CC2CCN21. The summed E-state index contributed by atoms with van der Waals surface area (Å²) < 4.78 is 0. The lowest BCUT2D eigenvalue weighted by Gasteiger charge is -2.62. The Kier molecular flexibility index (Phi) is 0.663. The van der Waals surface area contributed by atoms with Crippen molar-refractivity contribution in [2.24, 2.45) is 0 Å². The van der Waals surface area contributed by atoms with E-state index in [1.165, 1.54) is 19.4 Å². The van der Waals surface area contributed by atoms with Crippen LogP contribution in [0.25, 0.3) is 0 Å². The minimum atomic E-state index is 0.572. The number of fused-ring (bicyclic) bond motifs is 1. The molecule has 0 saturated carbocycles. The van der Waals surface area contributed by atoms with Crippen molar-refractivity contribution >= 4 is 0 Å². The molecule has 0 aromatic rings. The van der Waals surface area contributed by atoms with Gasteiger partial charge in [-0.3, -0.25) is 4.90 Å². The Morgan fingerprint density at radius 2 is 2.25 bits per heavy atom. The largest absolute Gasteiger partial charge is 0.295 e. The standard InChI is InChI=1S/C7H13N/c1-7(2)5-6-3-4-8(6)7/h6H,3-5H2,1-2H3. The van der Waals surface area contributed by atoms with Gasteiger partial charge in [0, 0.05) is 18.1 Å². The Bertz CT molecular complexity index is 118. The first kappa shape index (κ1) is 4.80. The monoisotopic (exact) mass is 111 g/mol. The van der Waals surface area contributed by atoms with E-state index in [0.29, 0.717) is 5.54 Å². The van der Waals surface area contributed by atoms with E-state index in [4.69, 9.17) is 0 Å². The second-order valence-electron chi connectivity index (χ2n) is 3.65. The molecule has 0 spiro atoms. The summed E-state index contributed by atoms with van der Waals surface area (Å²) in [5.74, 6) is 0. The maximum Gasteiger partial charge on any atom is 0.0171 e. The van der Waals surface area contributed by atoms with Gasteiger partial charge in [-0.15, -0.1) is 0 Å². The van der Waals surface area contributed by atoms with Gasteiger partial charge >= 0.3 is 0 Å². The van der Waals surface area contributed by atoms with Crippen molar-refractivity contribution in [1.82, 2.24) is 4.90 Å². The third-order valence-corrected chi connectivity index (χ3v) is 2.66. The number of nitrogens with zero attached hydrogens (tertiary/aromatic N) is 1. The second-order valence-corrected chi connectivity index (χ2v) is 3.65. The van der Waals surface area contributed by atoms with Gasteiger partial charge in [-0.05, 0) is 26.7 Å². The predicted octanol–water partition coefficient (Wildman–Crippen LogP) is 1.24. The molecule has 0 N–H and O–H groups in total. The van der Waals surface area contributed by atoms with Crippen molar-refractivity contribution in [2.75, 3.05) is 6.54 Å². The van der Waals surface area contributed by atoms with Crippen molar-refractivity contribution in [3.8, 4) is 0 Å². The summed E-state index contributed by atoms with van der Waals surface area (Å²) in [6, 6.07) is 0.991. The Balaban J connectivity index is 2.07. The lowest BCUT2D eigenvalue weighted by molar-refractivity contribution is -0.119. The van der Waals surface area contributed by atoms with E-state index < -0.39 is 0 Å². The highest BCUT2D eigenvalue weighted by Crippen LogP contribution is 2.43. The van der Waals surface area contributed by atoms with Crippen LogP contribution in [0, 0.1) is 0 Å². The number of hydrogen-bond acceptors (Lipinski definition) is 1. The lowest BCUT2D eigenvalue weighted by atomic mass is 9.74. The molecule has 2 heterocycles. The topological polar surface area (TPSA) is 3.24 Å². The molecule has 46 valence electrons. The summed E-state index contributed by atoms with van der Waals surface area (Å²) in [5, 5.41) is 0. The van der Waals surface area contributed by atoms with E-state index in [2.05, 4.69) is 18.7 Å². The molecule has 8 heavy (non-hydrogen) atoms. The Morgan fingerprint density at radius 3 is 2.25 bits per heavy atom. The van der Waals surface area contributed by atoms with Crippen molar-refractivity contribution in [1.29, 1.82) is 0 Å². The Hall–Kier alpha value is -0.0400. The van der Waals surface area contributed by atoms with Gasteiger partial charge < -0.3 is 0 Å². The van der Waals surface area contributed by atoms with Gasteiger partial charge in [-0.1, -0.05) is 0 Å². The van der Waals surface area contributed by atoms with Crippen LogP contribution >= 0.6 is 0 Å².